The third kappa shape index (κ3) is 4.25. The Labute approximate surface area is 175 Å². The first-order chi connectivity index (χ1) is 14.6. The third-order valence-corrected chi connectivity index (χ3v) is 5.24. The lowest BCUT2D eigenvalue weighted by Gasteiger charge is -2.11. The van der Waals surface area contributed by atoms with E-state index in [1.165, 1.54) is 0 Å². The molecule has 3 heterocycles. The standard InChI is InChI=1S/C23H24N4O3/c1-4-8-27-9-7-16(11-22(27)28)20-13-24-15(2)26-23(20)30-14-17-10-19(17)21-6-5-18(29-3)12-25-21/h4-7,9,11-13,17,19H,1,8,10,14H2,2-3H3. The molecular weight excluding hydrogens is 380 g/mol. The summed E-state index contributed by atoms with van der Waals surface area (Å²) in [6, 6.07) is 7.37. The second-order valence-electron chi connectivity index (χ2n) is 7.37. The van der Waals surface area contributed by atoms with Crippen molar-refractivity contribution >= 4 is 0 Å². The molecule has 3 aromatic rings. The Hall–Kier alpha value is -3.48. The number of hydrogen-bond acceptors (Lipinski definition) is 6. The largest absolute Gasteiger partial charge is 0.495 e. The fraction of sp³-hybridized carbons (Fsp3) is 0.304. The zero-order chi connectivity index (χ0) is 21.1. The number of methoxy groups -OCH3 is 1. The summed E-state index contributed by atoms with van der Waals surface area (Å²) < 4.78 is 12.8. The molecule has 0 spiro atoms. The molecule has 1 aliphatic carbocycles. The number of allylic oxidation sites excluding steroid dienone is 1. The zero-order valence-corrected chi connectivity index (χ0v) is 17.1. The van der Waals surface area contributed by atoms with Crippen molar-refractivity contribution in [3.63, 3.8) is 0 Å². The molecule has 7 nitrogen and oxygen atoms in total. The number of hydrogen-bond donors (Lipinski definition) is 0. The van der Waals surface area contributed by atoms with Crippen LogP contribution in [0.4, 0.5) is 0 Å². The lowest BCUT2D eigenvalue weighted by atomic mass is 10.1. The fourth-order valence-electron chi connectivity index (χ4n) is 3.43. The molecule has 0 aliphatic heterocycles. The highest BCUT2D eigenvalue weighted by Gasteiger charge is 2.40. The Kier molecular flexibility index (Phi) is 5.61. The Morgan fingerprint density at radius 1 is 1.27 bits per heavy atom. The van der Waals surface area contributed by atoms with Gasteiger partial charge in [-0.25, -0.2) is 4.98 Å². The van der Waals surface area contributed by atoms with Crippen molar-refractivity contribution in [1.29, 1.82) is 0 Å². The molecule has 154 valence electrons. The van der Waals surface area contributed by atoms with Crippen LogP contribution in [0.5, 0.6) is 11.6 Å². The van der Waals surface area contributed by atoms with E-state index >= 15 is 0 Å². The molecule has 2 unspecified atom stereocenters. The molecule has 0 amide bonds. The first-order valence-electron chi connectivity index (χ1n) is 9.87. The summed E-state index contributed by atoms with van der Waals surface area (Å²) in [5.41, 5.74) is 2.39. The van der Waals surface area contributed by atoms with Crippen molar-refractivity contribution in [2.24, 2.45) is 5.92 Å². The van der Waals surface area contributed by atoms with Gasteiger partial charge in [0.2, 0.25) is 5.88 Å². The highest BCUT2D eigenvalue weighted by atomic mass is 16.5. The van der Waals surface area contributed by atoms with E-state index in [0.717, 1.165) is 23.4 Å². The predicted octanol–water partition coefficient (Wildman–Crippen LogP) is 3.39. The van der Waals surface area contributed by atoms with Gasteiger partial charge in [0.25, 0.3) is 5.56 Å². The van der Waals surface area contributed by atoms with E-state index in [4.69, 9.17) is 9.47 Å². The molecule has 7 heteroatoms. The van der Waals surface area contributed by atoms with Gasteiger partial charge in [0, 0.05) is 42.5 Å². The van der Waals surface area contributed by atoms with E-state index in [2.05, 4.69) is 21.5 Å². The third-order valence-electron chi connectivity index (χ3n) is 5.24. The minimum absolute atomic E-state index is 0.105. The number of aryl methyl sites for hydroxylation is 1. The first-order valence-corrected chi connectivity index (χ1v) is 9.87. The number of rotatable bonds is 8. The Bertz CT molecular complexity index is 1110. The van der Waals surface area contributed by atoms with Crippen LogP contribution in [0.15, 0.2) is 60.3 Å². The SMILES string of the molecule is C=CCn1ccc(-c2cnc(C)nc2OCC2CC2c2ccc(OC)cn2)cc1=O. The van der Waals surface area contributed by atoms with Crippen LogP contribution in [0.25, 0.3) is 11.1 Å². The summed E-state index contributed by atoms with van der Waals surface area (Å²) in [6.07, 6.45) is 7.91. The summed E-state index contributed by atoms with van der Waals surface area (Å²) in [7, 11) is 1.63. The van der Waals surface area contributed by atoms with Crippen LogP contribution >= 0.6 is 0 Å². The molecular formula is C23H24N4O3. The van der Waals surface area contributed by atoms with Crippen molar-refractivity contribution < 1.29 is 9.47 Å². The summed E-state index contributed by atoms with van der Waals surface area (Å²) in [4.78, 5) is 25.6. The lowest BCUT2D eigenvalue weighted by Crippen LogP contribution is -2.17. The van der Waals surface area contributed by atoms with Gasteiger partial charge in [0.15, 0.2) is 0 Å². The molecule has 0 bridgehead atoms. The van der Waals surface area contributed by atoms with E-state index in [-0.39, 0.29) is 5.56 Å². The molecule has 1 aliphatic rings. The molecule has 0 saturated heterocycles. The maximum absolute atomic E-state index is 12.3. The first kappa shape index (κ1) is 19.8. The number of ether oxygens (including phenoxy) is 2. The van der Waals surface area contributed by atoms with E-state index in [1.54, 1.807) is 42.4 Å². The van der Waals surface area contributed by atoms with Crippen molar-refractivity contribution in [1.82, 2.24) is 19.5 Å². The summed E-state index contributed by atoms with van der Waals surface area (Å²) in [5.74, 6) is 2.64. The molecule has 3 aromatic heterocycles. The summed E-state index contributed by atoms with van der Waals surface area (Å²) in [6.45, 7) is 6.50. The van der Waals surface area contributed by atoms with E-state index < -0.39 is 0 Å². The van der Waals surface area contributed by atoms with Crippen molar-refractivity contribution in [3.05, 3.63) is 77.4 Å². The Morgan fingerprint density at radius 2 is 2.13 bits per heavy atom. The van der Waals surface area contributed by atoms with Gasteiger partial charge in [0.05, 0.1) is 25.5 Å². The molecule has 4 rings (SSSR count). The van der Waals surface area contributed by atoms with Crippen molar-refractivity contribution in [2.75, 3.05) is 13.7 Å². The Morgan fingerprint density at radius 3 is 2.83 bits per heavy atom. The molecule has 0 aromatic carbocycles. The van der Waals surface area contributed by atoms with E-state index in [0.29, 0.717) is 42.3 Å². The van der Waals surface area contributed by atoms with Gasteiger partial charge in [-0.15, -0.1) is 6.58 Å². The molecule has 1 saturated carbocycles. The topological polar surface area (TPSA) is 79.1 Å². The van der Waals surface area contributed by atoms with Crippen molar-refractivity contribution in [2.45, 2.75) is 25.8 Å². The molecule has 30 heavy (non-hydrogen) atoms. The van der Waals surface area contributed by atoms with Gasteiger partial charge in [-0.3, -0.25) is 9.78 Å². The van der Waals surface area contributed by atoms with Gasteiger partial charge in [-0.05, 0) is 37.1 Å². The number of nitrogens with zero attached hydrogens (tertiary/aromatic N) is 4. The second-order valence-corrected chi connectivity index (χ2v) is 7.37. The van der Waals surface area contributed by atoms with Gasteiger partial charge in [0.1, 0.15) is 11.6 Å². The van der Waals surface area contributed by atoms with Crippen molar-refractivity contribution in [3.8, 4) is 22.8 Å². The monoisotopic (exact) mass is 404 g/mol. The molecule has 0 N–H and O–H groups in total. The Balaban J connectivity index is 1.48. The minimum Gasteiger partial charge on any atom is -0.495 e. The quantitative estimate of drug-likeness (QED) is 0.536. The highest BCUT2D eigenvalue weighted by Crippen LogP contribution is 2.47. The van der Waals surface area contributed by atoms with Crippen LogP contribution in [-0.2, 0) is 6.54 Å². The maximum atomic E-state index is 12.3. The summed E-state index contributed by atoms with van der Waals surface area (Å²) in [5, 5.41) is 0. The van der Waals surface area contributed by atoms with Crippen LogP contribution < -0.4 is 15.0 Å². The summed E-state index contributed by atoms with van der Waals surface area (Å²) >= 11 is 0. The average Bonchev–Trinajstić information content (AvgIpc) is 3.54. The van der Waals surface area contributed by atoms with Crippen LogP contribution in [0.2, 0.25) is 0 Å². The molecule has 0 radical (unpaired) electrons. The smallest absolute Gasteiger partial charge is 0.251 e. The molecule has 1 fully saturated rings. The van der Waals surface area contributed by atoms with E-state index in [9.17, 15) is 4.79 Å². The van der Waals surface area contributed by atoms with E-state index in [1.807, 2.05) is 25.1 Å². The van der Waals surface area contributed by atoms with Crippen LogP contribution in [0, 0.1) is 12.8 Å². The van der Waals surface area contributed by atoms with Crippen LogP contribution in [-0.4, -0.2) is 33.2 Å². The van der Waals surface area contributed by atoms with Crippen LogP contribution in [0.3, 0.4) is 0 Å². The lowest BCUT2D eigenvalue weighted by molar-refractivity contribution is 0.285. The van der Waals surface area contributed by atoms with Crippen LogP contribution in [0.1, 0.15) is 23.9 Å². The predicted molar refractivity (Wildman–Crippen MR) is 114 cm³/mol. The highest BCUT2D eigenvalue weighted by molar-refractivity contribution is 5.67. The zero-order valence-electron chi connectivity index (χ0n) is 17.1. The van der Waals surface area contributed by atoms with Gasteiger partial charge >= 0.3 is 0 Å². The number of pyridine rings is 2. The van der Waals surface area contributed by atoms with Gasteiger partial charge in [-0.1, -0.05) is 6.08 Å². The fourth-order valence-corrected chi connectivity index (χ4v) is 3.43. The molecule has 2 atom stereocenters. The second kappa shape index (κ2) is 8.49. The minimum atomic E-state index is -0.105. The maximum Gasteiger partial charge on any atom is 0.251 e. The normalized spacial score (nSPS) is 17.4. The number of aromatic nitrogens is 4. The average molecular weight is 404 g/mol. The van der Waals surface area contributed by atoms with Gasteiger partial charge < -0.3 is 14.0 Å². The van der Waals surface area contributed by atoms with Gasteiger partial charge in [-0.2, -0.15) is 4.98 Å².